The molecule has 1 amide bonds. The van der Waals surface area contributed by atoms with E-state index in [9.17, 15) is 9.59 Å². The molecule has 0 aliphatic carbocycles. The van der Waals surface area contributed by atoms with Gasteiger partial charge in [-0.25, -0.2) is 10.8 Å². The number of nitrogens with one attached hydrogen (secondary N) is 1. The van der Waals surface area contributed by atoms with E-state index in [1.54, 1.807) is 0 Å². The Morgan fingerprint density at radius 1 is 1.53 bits per heavy atom. The van der Waals surface area contributed by atoms with E-state index in [0.717, 1.165) is 11.4 Å². The summed E-state index contributed by atoms with van der Waals surface area (Å²) in [5.74, 6) is 3.92. The van der Waals surface area contributed by atoms with Gasteiger partial charge in [0, 0.05) is 11.8 Å². The fourth-order valence-corrected chi connectivity index (χ4v) is 2.87. The van der Waals surface area contributed by atoms with Crippen LogP contribution < -0.4 is 11.3 Å². The third kappa shape index (κ3) is 3.30. The van der Waals surface area contributed by atoms with Gasteiger partial charge >= 0.3 is 5.97 Å². The molecule has 0 aliphatic rings. The van der Waals surface area contributed by atoms with E-state index < -0.39 is 11.4 Å². The van der Waals surface area contributed by atoms with Crippen molar-refractivity contribution in [3.63, 3.8) is 0 Å². The van der Waals surface area contributed by atoms with Crippen LogP contribution in [0.15, 0.2) is 5.38 Å². The Kier molecular flexibility index (Phi) is 5.44. The summed E-state index contributed by atoms with van der Waals surface area (Å²) in [4.78, 5) is 27.3. The molecule has 4 N–H and O–H groups in total. The summed E-state index contributed by atoms with van der Waals surface area (Å²) in [6.07, 6.45) is 1.33. The molecule has 0 saturated carbocycles. The van der Waals surface area contributed by atoms with Gasteiger partial charge in [-0.2, -0.15) is 0 Å². The van der Waals surface area contributed by atoms with Gasteiger partial charge in [0.05, 0.1) is 16.1 Å². The highest BCUT2D eigenvalue weighted by Crippen LogP contribution is 2.34. The molecule has 106 valence electrons. The number of hydrogen-bond acceptors (Lipinski definition) is 5. The number of carboxylic acid groups (broad SMARTS) is 1. The van der Waals surface area contributed by atoms with Crippen molar-refractivity contribution >= 4 is 23.2 Å². The molecule has 0 radical (unpaired) electrons. The summed E-state index contributed by atoms with van der Waals surface area (Å²) in [5, 5.41) is 11.6. The Balaban J connectivity index is 3.14. The molecule has 1 rings (SSSR count). The van der Waals surface area contributed by atoms with Crippen LogP contribution in [0.25, 0.3) is 0 Å². The summed E-state index contributed by atoms with van der Waals surface area (Å²) in [6.45, 7) is 3.82. The number of nitrogens with zero attached hydrogens (tertiary/aromatic N) is 1. The van der Waals surface area contributed by atoms with Crippen LogP contribution in [-0.4, -0.2) is 22.0 Å². The minimum atomic E-state index is -0.961. The van der Waals surface area contributed by atoms with E-state index in [-0.39, 0.29) is 18.7 Å². The number of carbonyl (C=O) groups is 2. The molecule has 0 saturated heterocycles. The number of rotatable bonds is 7. The third-order valence-electron chi connectivity index (χ3n) is 3.28. The monoisotopic (exact) mass is 285 g/mol. The highest BCUT2D eigenvalue weighted by atomic mass is 32.1. The molecule has 1 heterocycles. The standard InChI is InChI=1S/C12H19N3O3S/c1-3-9-14-8(7-19-9)12(4-2,11(18)15-13)6-5-10(16)17/h7H,3-6,13H2,1-2H3,(H,15,18)(H,16,17)/t12-/m1/s1. The lowest BCUT2D eigenvalue weighted by molar-refractivity contribution is -0.138. The molecule has 7 heteroatoms. The molecule has 19 heavy (non-hydrogen) atoms. The first-order valence-corrected chi connectivity index (χ1v) is 7.05. The number of carbonyl (C=O) groups excluding carboxylic acids is 1. The molecule has 1 atom stereocenters. The van der Waals surface area contributed by atoms with E-state index in [1.165, 1.54) is 11.3 Å². The Hall–Kier alpha value is -1.47. The van der Waals surface area contributed by atoms with E-state index >= 15 is 0 Å². The fourth-order valence-electron chi connectivity index (χ4n) is 2.03. The molecule has 0 aromatic carbocycles. The topological polar surface area (TPSA) is 105 Å². The lowest BCUT2D eigenvalue weighted by Gasteiger charge is -2.28. The van der Waals surface area contributed by atoms with Gasteiger partial charge in [0.25, 0.3) is 0 Å². The van der Waals surface area contributed by atoms with Crippen molar-refractivity contribution in [2.75, 3.05) is 0 Å². The fraction of sp³-hybridized carbons (Fsp3) is 0.583. The number of nitrogens with two attached hydrogens (primary N) is 1. The molecule has 0 aliphatic heterocycles. The second-order valence-corrected chi connectivity index (χ2v) is 5.23. The number of aryl methyl sites for hydroxylation is 1. The molecule has 0 unspecified atom stereocenters. The van der Waals surface area contributed by atoms with Crippen LogP contribution in [0.5, 0.6) is 0 Å². The van der Waals surface area contributed by atoms with Crippen molar-refractivity contribution in [3.05, 3.63) is 16.1 Å². The lowest BCUT2D eigenvalue weighted by Crippen LogP contribution is -2.47. The van der Waals surface area contributed by atoms with Crippen molar-refractivity contribution in [2.24, 2.45) is 5.84 Å². The molecular weight excluding hydrogens is 266 g/mol. The number of carboxylic acids is 1. The molecule has 0 spiro atoms. The van der Waals surface area contributed by atoms with Crippen molar-refractivity contribution in [2.45, 2.75) is 44.9 Å². The summed E-state index contributed by atoms with van der Waals surface area (Å²) in [7, 11) is 0. The number of thiazole rings is 1. The van der Waals surface area contributed by atoms with Crippen LogP contribution in [0.4, 0.5) is 0 Å². The number of hydrazine groups is 1. The van der Waals surface area contributed by atoms with Crippen molar-refractivity contribution in [3.8, 4) is 0 Å². The smallest absolute Gasteiger partial charge is 0.303 e. The predicted octanol–water partition coefficient (Wildman–Crippen LogP) is 1.21. The molecule has 1 aromatic heterocycles. The SMILES string of the molecule is CCc1nc([C@@](CC)(CCC(=O)O)C(=O)NN)cs1. The number of aromatic nitrogens is 1. The zero-order chi connectivity index (χ0) is 14.5. The maximum atomic E-state index is 12.1. The van der Waals surface area contributed by atoms with Crippen LogP contribution in [0.2, 0.25) is 0 Å². The minimum Gasteiger partial charge on any atom is -0.481 e. The first kappa shape index (κ1) is 15.6. The van der Waals surface area contributed by atoms with E-state index in [4.69, 9.17) is 10.9 Å². The largest absolute Gasteiger partial charge is 0.481 e. The highest BCUT2D eigenvalue weighted by molar-refractivity contribution is 7.09. The van der Waals surface area contributed by atoms with Crippen LogP contribution in [0.3, 0.4) is 0 Å². The Morgan fingerprint density at radius 3 is 2.63 bits per heavy atom. The first-order chi connectivity index (χ1) is 9.00. The number of hydrogen-bond donors (Lipinski definition) is 3. The Labute approximate surface area is 116 Å². The maximum absolute atomic E-state index is 12.1. The van der Waals surface area contributed by atoms with Gasteiger partial charge in [0.1, 0.15) is 0 Å². The lowest BCUT2D eigenvalue weighted by atomic mass is 9.77. The maximum Gasteiger partial charge on any atom is 0.303 e. The Bertz CT molecular complexity index is 461. The van der Waals surface area contributed by atoms with Gasteiger partial charge in [0.2, 0.25) is 5.91 Å². The Morgan fingerprint density at radius 2 is 2.21 bits per heavy atom. The van der Waals surface area contributed by atoms with Crippen LogP contribution >= 0.6 is 11.3 Å². The third-order valence-corrected chi connectivity index (χ3v) is 4.27. The van der Waals surface area contributed by atoms with Gasteiger partial charge < -0.3 is 5.11 Å². The van der Waals surface area contributed by atoms with Crippen molar-refractivity contribution < 1.29 is 14.7 Å². The van der Waals surface area contributed by atoms with Crippen LogP contribution in [-0.2, 0) is 21.4 Å². The number of amides is 1. The quantitative estimate of drug-likeness (QED) is 0.397. The first-order valence-electron chi connectivity index (χ1n) is 6.17. The van der Waals surface area contributed by atoms with Gasteiger partial charge in [-0.1, -0.05) is 13.8 Å². The average molecular weight is 285 g/mol. The average Bonchev–Trinajstić information content (AvgIpc) is 2.88. The second-order valence-electron chi connectivity index (χ2n) is 4.28. The van der Waals surface area contributed by atoms with Gasteiger partial charge in [-0.3, -0.25) is 15.0 Å². The summed E-state index contributed by atoms with van der Waals surface area (Å²) in [5.41, 5.74) is 1.79. The van der Waals surface area contributed by atoms with E-state index in [1.807, 2.05) is 19.2 Å². The minimum absolute atomic E-state index is 0.0970. The summed E-state index contributed by atoms with van der Waals surface area (Å²) < 4.78 is 0. The normalized spacial score (nSPS) is 13.8. The molecule has 0 fully saturated rings. The van der Waals surface area contributed by atoms with Crippen molar-refractivity contribution in [1.82, 2.24) is 10.4 Å². The number of aliphatic carboxylic acids is 1. The summed E-state index contributed by atoms with van der Waals surface area (Å²) >= 11 is 1.47. The zero-order valence-corrected chi connectivity index (χ0v) is 11.9. The van der Waals surface area contributed by atoms with Gasteiger partial charge in [-0.05, 0) is 19.3 Å². The summed E-state index contributed by atoms with van der Waals surface area (Å²) in [6, 6.07) is 0. The highest BCUT2D eigenvalue weighted by Gasteiger charge is 2.40. The van der Waals surface area contributed by atoms with Crippen molar-refractivity contribution in [1.29, 1.82) is 0 Å². The molecular formula is C12H19N3O3S. The molecule has 1 aromatic rings. The molecule has 0 bridgehead atoms. The molecule has 6 nitrogen and oxygen atoms in total. The second kappa shape index (κ2) is 6.63. The van der Waals surface area contributed by atoms with E-state index in [0.29, 0.717) is 12.1 Å². The van der Waals surface area contributed by atoms with E-state index in [2.05, 4.69) is 10.4 Å². The van der Waals surface area contributed by atoms with Gasteiger partial charge in [0.15, 0.2) is 0 Å². The predicted molar refractivity (Wildman–Crippen MR) is 72.7 cm³/mol. The van der Waals surface area contributed by atoms with Crippen LogP contribution in [0.1, 0.15) is 43.8 Å². The van der Waals surface area contributed by atoms with Gasteiger partial charge in [-0.15, -0.1) is 11.3 Å². The van der Waals surface area contributed by atoms with Crippen LogP contribution in [0, 0.1) is 0 Å². The zero-order valence-electron chi connectivity index (χ0n) is 11.1.